The quantitative estimate of drug-likeness (QED) is 0.661. The van der Waals surface area contributed by atoms with Crippen LogP contribution in [0.15, 0.2) is 84.9 Å². The Balaban J connectivity index is 1.68. The van der Waals surface area contributed by atoms with Crippen LogP contribution in [-0.4, -0.2) is 12.5 Å². The number of carbonyl (C=O) groups excluding carboxylic acids is 1. The van der Waals surface area contributed by atoms with Crippen LogP contribution in [0, 0.1) is 0 Å². The summed E-state index contributed by atoms with van der Waals surface area (Å²) in [6.45, 7) is 1.34. The maximum absolute atomic E-state index is 12.9. The molecule has 0 atom stereocenters. The van der Waals surface area contributed by atoms with Gasteiger partial charge >= 0.3 is 0 Å². The Kier molecular flexibility index (Phi) is 6.42. The molecule has 3 aromatic carbocycles. The molecule has 0 fully saturated rings. The first kappa shape index (κ1) is 18.2. The van der Waals surface area contributed by atoms with E-state index in [0.29, 0.717) is 18.1 Å². The van der Waals surface area contributed by atoms with Crippen molar-refractivity contribution in [3.63, 3.8) is 0 Å². The lowest BCUT2D eigenvalue weighted by atomic mass is 10.2. The summed E-state index contributed by atoms with van der Waals surface area (Å²) in [7, 11) is 0. The fourth-order valence-corrected chi connectivity index (χ4v) is 2.94. The van der Waals surface area contributed by atoms with Gasteiger partial charge in [-0.15, -0.1) is 0 Å². The first-order valence-electron chi connectivity index (χ1n) is 8.57. The number of hydrogen-bond acceptors (Lipinski definition) is 2. The van der Waals surface area contributed by atoms with Gasteiger partial charge in [-0.05, 0) is 29.3 Å². The molecule has 3 nitrogen and oxygen atoms in total. The second kappa shape index (κ2) is 9.18. The van der Waals surface area contributed by atoms with Gasteiger partial charge in [0.25, 0.3) is 0 Å². The van der Waals surface area contributed by atoms with E-state index in [4.69, 9.17) is 11.6 Å². The number of nitrogens with zero attached hydrogens (tertiary/aromatic N) is 1. The third-order valence-corrected chi connectivity index (χ3v) is 4.47. The van der Waals surface area contributed by atoms with Gasteiger partial charge in [0.05, 0.1) is 13.1 Å². The molecular weight excluding hydrogens is 344 g/mol. The Morgan fingerprint density at radius 1 is 0.846 bits per heavy atom. The second-order valence-electron chi connectivity index (χ2n) is 6.00. The molecule has 0 bridgehead atoms. The van der Waals surface area contributed by atoms with Crippen LogP contribution < -0.4 is 10.2 Å². The van der Waals surface area contributed by atoms with E-state index in [1.54, 1.807) is 4.90 Å². The van der Waals surface area contributed by atoms with E-state index in [0.717, 1.165) is 16.8 Å². The topological polar surface area (TPSA) is 32.3 Å². The van der Waals surface area contributed by atoms with Gasteiger partial charge in [0.2, 0.25) is 5.91 Å². The zero-order chi connectivity index (χ0) is 18.2. The highest BCUT2D eigenvalue weighted by molar-refractivity contribution is 6.31. The lowest BCUT2D eigenvalue weighted by Gasteiger charge is -2.23. The standard InChI is InChI=1S/C22H21ClN2O/c23-21-14-8-7-11-19(21)15-24-16-22(26)25(20-12-5-2-6-13-20)17-18-9-3-1-4-10-18/h1-14,24H,15-17H2. The first-order chi connectivity index (χ1) is 12.7. The number of nitrogens with one attached hydrogen (secondary N) is 1. The molecule has 4 heteroatoms. The molecule has 0 saturated carbocycles. The number of amides is 1. The predicted octanol–water partition coefficient (Wildman–Crippen LogP) is 4.66. The van der Waals surface area contributed by atoms with Crippen molar-refractivity contribution in [1.82, 2.24) is 5.32 Å². The van der Waals surface area contributed by atoms with Crippen molar-refractivity contribution >= 4 is 23.2 Å². The molecule has 1 N–H and O–H groups in total. The number of halogens is 1. The fraction of sp³-hybridized carbons (Fsp3) is 0.136. The number of carbonyl (C=O) groups is 1. The molecule has 0 aromatic heterocycles. The van der Waals surface area contributed by atoms with Crippen molar-refractivity contribution in [3.8, 4) is 0 Å². The minimum absolute atomic E-state index is 0.0205. The van der Waals surface area contributed by atoms with Crippen LogP contribution in [0.25, 0.3) is 0 Å². The molecule has 1 amide bonds. The van der Waals surface area contributed by atoms with Gasteiger partial charge in [0.15, 0.2) is 0 Å². The van der Waals surface area contributed by atoms with E-state index in [9.17, 15) is 4.79 Å². The number of para-hydroxylation sites is 1. The van der Waals surface area contributed by atoms with Gasteiger partial charge in [-0.2, -0.15) is 0 Å². The molecule has 0 unspecified atom stereocenters. The van der Waals surface area contributed by atoms with E-state index in [2.05, 4.69) is 5.32 Å². The zero-order valence-corrected chi connectivity index (χ0v) is 15.2. The summed E-state index contributed by atoms with van der Waals surface area (Å²) in [6.07, 6.45) is 0. The third-order valence-electron chi connectivity index (χ3n) is 4.10. The van der Waals surface area contributed by atoms with Gasteiger partial charge in [-0.3, -0.25) is 4.79 Å². The number of anilines is 1. The maximum Gasteiger partial charge on any atom is 0.241 e. The highest BCUT2D eigenvalue weighted by atomic mass is 35.5. The van der Waals surface area contributed by atoms with Crippen LogP contribution in [0.4, 0.5) is 5.69 Å². The molecule has 0 radical (unpaired) electrons. The van der Waals surface area contributed by atoms with Gasteiger partial charge in [0.1, 0.15) is 0 Å². The lowest BCUT2D eigenvalue weighted by Crippen LogP contribution is -2.37. The summed E-state index contributed by atoms with van der Waals surface area (Å²) in [5, 5.41) is 3.91. The van der Waals surface area contributed by atoms with Crippen LogP contribution in [-0.2, 0) is 17.9 Å². The number of rotatable bonds is 7. The van der Waals surface area contributed by atoms with Crippen LogP contribution in [0.2, 0.25) is 5.02 Å². The molecule has 0 aliphatic carbocycles. The Labute approximate surface area is 159 Å². The van der Waals surface area contributed by atoms with Crippen molar-refractivity contribution in [2.75, 3.05) is 11.4 Å². The van der Waals surface area contributed by atoms with E-state index in [1.165, 1.54) is 0 Å². The van der Waals surface area contributed by atoms with E-state index >= 15 is 0 Å². The summed E-state index contributed by atoms with van der Waals surface area (Å²) in [5.41, 5.74) is 2.97. The Morgan fingerprint density at radius 2 is 1.46 bits per heavy atom. The average Bonchev–Trinajstić information content (AvgIpc) is 2.69. The average molecular weight is 365 g/mol. The molecule has 0 aliphatic rings. The third kappa shape index (κ3) is 4.94. The number of hydrogen-bond donors (Lipinski definition) is 1. The van der Waals surface area contributed by atoms with E-state index in [-0.39, 0.29) is 12.5 Å². The summed E-state index contributed by atoms with van der Waals surface area (Å²) >= 11 is 6.17. The minimum atomic E-state index is 0.0205. The van der Waals surface area contributed by atoms with Crippen LogP contribution in [0.1, 0.15) is 11.1 Å². The van der Waals surface area contributed by atoms with Crippen LogP contribution in [0.3, 0.4) is 0 Å². The normalized spacial score (nSPS) is 10.5. The zero-order valence-electron chi connectivity index (χ0n) is 14.4. The second-order valence-corrected chi connectivity index (χ2v) is 6.40. The monoisotopic (exact) mass is 364 g/mol. The minimum Gasteiger partial charge on any atom is -0.307 e. The molecule has 26 heavy (non-hydrogen) atoms. The Bertz CT molecular complexity index is 837. The summed E-state index contributed by atoms with van der Waals surface area (Å²) in [4.78, 5) is 14.7. The highest BCUT2D eigenvalue weighted by Gasteiger charge is 2.15. The molecule has 3 aromatic rings. The summed E-state index contributed by atoms with van der Waals surface area (Å²) < 4.78 is 0. The Morgan fingerprint density at radius 3 is 2.15 bits per heavy atom. The highest BCUT2D eigenvalue weighted by Crippen LogP contribution is 2.17. The Hall–Kier alpha value is -2.62. The predicted molar refractivity (Wildman–Crippen MR) is 107 cm³/mol. The maximum atomic E-state index is 12.9. The van der Waals surface area contributed by atoms with Crippen molar-refractivity contribution in [2.24, 2.45) is 0 Å². The van der Waals surface area contributed by atoms with E-state index in [1.807, 2.05) is 84.9 Å². The molecule has 3 rings (SSSR count). The SMILES string of the molecule is O=C(CNCc1ccccc1Cl)N(Cc1ccccc1)c1ccccc1. The molecule has 0 spiro atoms. The van der Waals surface area contributed by atoms with Crippen molar-refractivity contribution in [3.05, 3.63) is 101 Å². The molecular formula is C22H21ClN2O. The lowest BCUT2D eigenvalue weighted by molar-refractivity contribution is -0.118. The van der Waals surface area contributed by atoms with Crippen LogP contribution in [0.5, 0.6) is 0 Å². The van der Waals surface area contributed by atoms with Crippen molar-refractivity contribution in [1.29, 1.82) is 0 Å². The molecule has 132 valence electrons. The van der Waals surface area contributed by atoms with Crippen molar-refractivity contribution in [2.45, 2.75) is 13.1 Å². The van der Waals surface area contributed by atoms with Gasteiger partial charge in [-0.25, -0.2) is 0 Å². The van der Waals surface area contributed by atoms with Gasteiger partial charge < -0.3 is 10.2 Å². The van der Waals surface area contributed by atoms with Gasteiger partial charge in [-0.1, -0.05) is 78.3 Å². The molecule has 0 heterocycles. The number of benzene rings is 3. The van der Waals surface area contributed by atoms with Crippen molar-refractivity contribution < 1.29 is 4.79 Å². The molecule has 0 aliphatic heterocycles. The summed E-state index contributed by atoms with van der Waals surface area (Å²) in [5.74, 6) is 0.0205. The molecule has 0 saturated heterocycles. The summed E-state index contributed by atoms with van der Waals surface area (Å²) in [6, 6.07) is 27.4. The van der Waals surface area contributed by atoms with E-state index < -0.39 is 0 Å². The van der Waals surface area contributed by atoms with Crippen LogP contribution >= 0.6 is 11.6 Å². The van der Waals surface area contributed by atoms with Gasteiger partial charge in [0, 0.05) is 17.3 Å². The largest absolute Gasteiger partial charge is 0.307 e. The first-order valence-corrected chi connectivity index (χ1v) is 8.95. The smallest absolute Gasteiger partial charge is 0.241 e. The fourth-order valence-electron chi connectivity index (χ4n) is 2.74.